The molecule has 0 fully saturated rings. The zero-order chi connectivity index (χ0) is 27.1. The zero-order valence-electron chi connectivity index (χ0n) is 19.4. The molecule has 0 aliphatic heterocycles. The molecule has 0 radical (unpaired) electrons. The molecule has 0 aromatic heterocycles. The fraction of sp³-hybridized carbons (Fsp3) is 0. The Kier molecular flexibility index (Phi) is 8.36. The lowest BCUT2D eigenvalue weighted by Gasteiger charge is -2.13. The molecule has 2 N–H and O–H groups in total. The maximum absolute atomic E-state index is 12.8. The second-order valence-corrected chi connectivity index (χ2v) is 9.83. The fourth-order valence-corrected chi connectivity index (χ4v) is 5.68. The van der Waals surface area contributed by atoms with Crippen LogP contribution in [0.5, 0.6) is 0 Å². The third-order valence-corrected chi connectivity index (χ3v) is 7.66. The summed E-state index contributed by atoms with van der Waals surface area (Å²) in [6.07, 6.45) is 0. The third kappa shape index (κ3) is 6.17. The van der Waals surface area contributed by atoms with Crippen molar-refractivity contribution in [1.82, 2.24) is 0 Å². The number of rotatable bonds is 9. The van der Waals surface area contributed by atoms with Crippen LogP contribution in [0.25, 0.3) is 0 Å². The monoisotopic (exact) mass is 546 g/mol. The number of nitro groups is 2. The number of benzene rings is 4. The summed E-state index contributed by atoms with van der Waals surface area (Å²) in [5.41, 5.74) is 0.186. The van der Waals surface area contributed by atoms with Crippen LogP contribution in [0.2, 0.25) is 0 Å². The van der Waals surface area contributed by atoms with E-state index < -0.39 is 21.7 Å². The number of carbonyl (C=O) groups excluding carboxylic acids is 2. The molecule has 0 bridgehead atoms. The van der Waals surface area contributed by atoms with Crippen LogP contribution in [0.1, 0.15) is 20.7 Å². The summed E-state index contributed by atoms with van der Waals surface area (Å²) in [7, 11) is 2.60. The number of carbonyl (C=O) groups is 2. The average molecular weight is 547 g/mol. The zero-order valence-corrected chi connectivity index (χ0v) is 21.0. The molecular weight excluding hydrogens is 528 g/mol. The van der Waals surface area contributed by atoms with E-state index in [1.165, 1.54) is 58.0 Å². The van der Waals surface area contributed by atoms with Crippen LogP contribution in [-0.2, 0) is 0 Å². The van der Waals surface area contributed by atoms with Crippen LogP contribution in [-0.4, -0.2) is 21.7 Å². The molecule has 0 atom stereocenters. The Balaban J connectivity index is 1.51. The molecule has 2 amide bonds. The summed E-state index contributed by atoms with van der Waals surface area (Å²) < 4.78 is 0. The molecule has 0 saturated heterocycles. The number of hydrogen-bond donors (Lipinski definition) is 2. The Labute approximate surface area is 224 Å². The van der Waals surface area contributed by atoms with E-state index in [0.717, 1.165) is 0 Å². The Morgan fingerprint density at radius 2 is 0.895 bits per heavy atom. The normalized spacial score (nSPS) is 10.4. The minimum absolute atomic E-state index is 0.0620. The van der Waals surface area contributed by atoms with Gasteiger partial charge in [0.25, 0.3) is 23.2 Å². The first kappa shape index (κ1) is 26.4. The van der Waals surface area contributed by atoms with Crippen LogP contribution < -0.4 is 10.6 Å². The van der Waals surface area contributed by atoms with Gasteiger partial charge in [-0.2, -0.15) is 0 Å². The van der Waals surface area contributed by atoms with Crippen molar-refractivity contribution in [2.75, 3.05) is 10.6 Å². The van der Waals surface area contributed by atoms with Gasteiger partial charge in [-0.3, -0.25) is 29.8 Å². The highest BCUT2D eigenvalue weighted by atomic mass is 33.1. The highest BCUT2D eigenvalue weighted by Crippen LogP contribution is 2.43. The molecule has 190 valence electrons. The molecule has 0 spiro atoms. The first-order valence-corrected chi connectivity index (χ1v) is 13.1. The molecule has 0 aliphatic carbocycles. The van der Waals surface area contributed by atoms with E-state index >= 15 is 0 Å². The summed E-state index contributed by atoms with van der Waals surface area (Å²) in [5, 5.41) is 28.1. The molecule has 0 aliphatic rings. The molecular formula is C26H18N4O6S2. The van der Waals surface area contributed by atoms with E-state index in [1.54, 1.807) is 60.7 Å². The summed E-state index contributed by atoms with van der Waals surface area (Å²) in [5.74, 6) is -1.24. The summed E-state index contributed by atoms with van der Waals surface area (Å²) in [6.45, 7) is 0. The fourth-order valence-electron chi connectivity index (χ4n) is 3.40. The Hall–Kier alpha value is -4.68. The van der Waals surface area contributed by atoms with Crippen LogP contribution in [0.4, 0.5) is 22.7 Å². The lowest BCUT2D eigenvalue weighted by Crippen LogP contribution is -2.14. The average Bonchev–Trinajstić information content (AvgIpc) is 2.93. The van der Waals surface area contributed by atoms with Crippen molar-refractivity contribution in [2.45, 2.75) is 9.79 Å². The number of nitro benzene ring substituents is 2. The summed E-state index contributed by atoms with van der Waals surface area (Å²) >= 11 is 0. The molecule has 12 heteroatoms. The molecule has 0 saturated carbocycles. The van der Waals surface area contributed by atoms with Crippen molar-refractivity contribution < 1.29 is 19.4 Å². The van der Waals surface area contributed by atoms with Gasteiger partial charge in [0, 0.05) is 21.9 Å². The van der Waals surface area contributed by atoms with Gasteiger partial charge >= 0.3 is 0 Å². The molecule has 0 unspecified atom stereocenters. The molecule has 0 heterocycles. The summed E-state index contributed by atoms with van der Waals surface area (Å²) in [6, 6.07) is 25.3. The number of para-hydroxylation sites is 4. The Morgan fingerprint density at radius 3 is 1.29 bits per heavy atom. The predicted octanol–water partition coefficient (Wildman–Crippen LogP) is 6.81. The quantitative estimate of drug-likeness (QED) is 0.132. The van der Waals surface area contributed by atoms with Crippen molar-refractivity contribution in [3.05, 3.63) is 128 Å². The van der Waals surface area contributed by atoms with Gasteiger partial charge in [-0.1, -0.05) is 70.1 Å². The summed E-state index contributed by atoms with van der Waals surface area (Å²) in [4.78, 5) is 48.4. The second kappa shape index (κ2) is 12.0. The third-order valence-electron chi connectivity index (χ3n) is 5.18. The van der Waals surface area contributed by atoms with Gasteiger partial charge in [-0.25, -0.2) is 0 Å². The van der Waals surface area contributed by atoms with E-state index in [-0.39, 0.29) is 22.5 Å². The Bertz CT molecular complexity index is 1430. The van der Waals surface area contributed by atoms with Crippen LogP contribution >= 0.6 is 21.6 Å². The lowest BCUT2D eigenvalue weighted by atomic mass is 10.1. The topological polar surface area (TPSA) is 144 Å². The predicted molar refractivity (Wildman–Crippen MR) is 147 cm³/mol. The largest absolute Gasteiger partial charge is 0.321 e. The molecule has 4 aromatic rings. The van der Waals surface area contributed by atoms with E-state index in [4.69, 9.17) is 0 Å². The van der Waals surface area contributed by atoms with Gasteiger partial charge in [0.15, 0.2) is 0 Å². The van der Waals surface area contributed by atoms with Gasteiger partial charge in [-0.15, -0.1) is 0 Å². The molecule has 4 aromatic carbocycles. The molecule has 4 rings (SSSR count). The maximum atomic E-state index is 12.8. The minimum atomic E-state index is -0.618. The molecule has 10 nitrogen and oxygen atoms in total. The highest BCUT2D eigenvalue weighted by Gasteiger charge is 2.21. The van der Waals surface area contributed by atoms with Crippen molar-refractivity contribution >= 4 is 56.2 Å². The maximum Gasteiger partial charge on any atom is 0.282 e. The van der Waals surface area contributed by atoms with Crippen LogP contribution in [0.15, 0.2) is 107 Å². The van der Waals surface area contributed by atoms with Gasteiger partial charge in [0.2, 0.25) is 0 Å². The van der Waals surface area contributed by atoms with Crippen LogP contribution in [0.3, 0.4) is 0 Å². The molecule has 38 heavy (non-hydrogen) atoms. The van der Waals surface area contributed by atoms with E-state index in [1.807, 2.05) is 0 Å². The van der Waals surface area contributed by atoms with Gasteiger partial charge in [0.05, 0.1) is 21.2 Å². The minimum Gasteiger partial charge on any atom is -0.321 e. The van der Waals surface area contributed by atoms with Gasteiger partial charge in [-0.05, 0) is 36.4 Å². The highest BCUT2D eigenvalue weighted by molar-refractivity contribution is 8.76. The standard InChI is InChI=1S/C26H18N4O6S2/c31-25(17-9-1-5-13-21(17)29(33)34)27-19-11-3-7-15-23(19)37-38-24-16-8-4-12-20(24)28-26(32)18-10-2-6-14-22(18)30(35)36/h1-16H,(H,27,31)(H,28,32). The number of anilines is 2. The van der Waals surface area contributed by atoms with Crippen molar-refractivity contribution in [3.63, 3.8) is 0 Å². The lowest BCUT2D eigenvalue weighted by molar-refractivity contribution is -0.385. The SMILES string of the molecule is O=C(Nc1ccccc1SSc1ccccc1NC(=O)c1ccccc1[N+](=O)[O-])c1ccccc1[N+](=O)[O-]. The first-order valence-electron chi connectivity index (χ1n) is 11.0. The van der Waals surface area contributed by atoms with Gasteiger partial charge < -0.3 is 10.6 Å². The van der Waals surface area contributed by atoms with Crippen molar-refractivity contribution in [3.8, 4) is 0 Å². The van der Waals surface area contributed by atoms with E-state index in [2.05, 4.69) is 10.6 Å². The number of nitrogens with zero attached hydrogens (tertiary/aromatic N) is 2. The van der Waals surface area contributed by atoms with Crippen molar-refractivity contribution in [2.24, 2.45) is 0 Å². The first-order chi connectivity index (χ1) is 18.3. The number of nitrogens with one attached hydrogen (secondary N) is 2. The van der Waals surface area contributed by atoms with Crippen LogP contribution in [0, 0.1) is 20.2 Å². The number of amides is 2. The van der Waals surface area contributed by atoms with E-state index in [9.17, 15) is 29.8 Å². The van der Waals surface area contributed by atoms with Crippen molar-refractivity contribution in [1.29, 1.82) is 0 Å². The Morgan fingerprint density at radius 1 is 0.553 bits per heavy atom. The number of hydrogen-bond acceptors (Lipinski definition) is 8. The second-order valence-electron chi connectivity index (χ2n) is 7.62. The van der Waals surface area contributed by atoms with Gasteiger partial charge in [0.1, 0.15) is 11.1 Å². The smallest absolute Gasteiger partial charge is 0.282 e. The van der Waals surface area contributed by atoms with E-state index in [0.29, 0.717) is 21.2 Å².